The lowest BCUT2D eigenvalue weighted by molar-refractivity contribution is -0.402. The maximum atomic E-state index is 10.2. The molecule has 1 rings (SSSR count). The maximum Gasteiger partial charge on any atom is 0.433 e. The first-order chi connectivity index (χ1) is 6.02. The third kappa shape index (κ3) is 2.04. The maximum absolute atomic E-state index is 10.2. The molecule has 0 aliphatic carbocycles. The number of aliphatic hydroxyl groups excluding tert-OH is 1. The summed E-state index contributed by atoms with van der Waals surface area (Å²) in [6.07, 6.45) is -0.800. The first-order valence-electron chi connectivity index (χ1n) is 3.70. The van der Waals surface area contributed by atoms with Crippen molar-refractivity contribution in [3.8, 4) is 0 Å². The highest BCUT2D eigenvalue weighted by Crippen LogP contribution is 2.21. The van der Waals surface area contributed by atoms with Crippen molar-refractivity contribution in [3.05, 3.63) is 28.0 Å². The minimum atomic E-state index is -0.800. The molecule has 3 N–H and O–H groups in total. The molecule has 1 heterocycles. The van der Waals surface area contributed by atoms with Gasteiger partial charge in [-0.25, -0.2) is 0 Å². The summed E-state index contributed by atoms with van der Waals surface area (Å²) < 4.78 is 4.78. The molecule has 0 spiro atoms. The number of rotatable bonds is 3. The second-order valence-electron chi connectivity index (χ2n) is 2.70. The summed E-state index contributed by atoms with van der Waals surface area (Å²) >= 11 is 0. The van der Waals surface area contributed by atoms with E-state index in [4.69, 9.17) is 15.3 Å². The number of nitrogens with two attached hydrogens (primary N) is 1. The Labute approximate surface area is 74.1 Å². The van der Waals surface area contributed by atoms with Crippen LogP contribution in [0, 0.1) is 10.1 Å². The van der Waals surface area contributed by atoms with Gasteiger partial charge in [0.2, 0.25) is 0 Å². The minimum absolute atomic E-state index is 0.210. The van der Waals surface area contributed by atoms with Gasteiger partial charge in [0.05, 0.1) is 18.2 Å². The second-order valence-corrected chi connectivity index (χ2v) is 2.70. The van der Waals surface area contributed by atoms with Crippen LogP contribution in [0.4, 0.5) is 5.88 Å². The lowest BCUT2D eigenvalue weighted by Crippen LogP contribution is -2.22. The van der Waals surface area contributed by atoms with Gasteiger partial charge < -0.3 is 15.3 Å². The zero-order valence-electron chi connectivity index (χ0n) is 7.01. The molecule has 6 nitrogen and oxygen atoms in total. The van der Waals surface area contributed by atoms with Crippen LogP contribution in [-0.4, -0.2) is 16.1 Å². The van der Waals surface area contributed by atoms with Crippen molar-refractivity contribution < 1.29 is 14.4 Å². The summed E-state index contributed by atoms with van der Waals surface area (Å²) in [4.78, 5) is 9.56. The van der Waals surface area contributed by atoms with Crippen LogP contribution in [-0.2, 0) is 0 Å². The third-order valence-electron chi connectivity index (χ3n) is 1.64. The molecule has 0 aliphatic rings. The standard InChI is InChI=1S/C7H10N2O4/c1-4(10)7(8)5-2-3-6(13-5)9(11)12/h2-4,7,10H,8H2,1H3/t4?,7-/m0/s1. The summed E-state index contributed by atoms with van der Waals surface area (Å²) in [6, 6.07) is 1.86. The van der Waals surface area contributed by atoms with Gasteiger partial charge in [0, 0.05) is 0 Å². The van der Waals surface area contributed by atoms with Gasteiger partial charge in [-0.05, 0) is 13.0 Å². The second kappa shape index (κ2) is 3.55. The summed E-state index contributed by atoms with van der Waals surface area (Å²) in [5, 5.41) is 19.3. The number of aliphatic hydroxyl groups is 1. The number of hydrogen-bond donors (Lipinski definition) is 2. The molecule has 0 aliphatic heterocycles. The average Bonchev–Trinajstić information content (AvgIpc) is 2.50. The number of furan rings is 1. The van der Waals surface area contributed by atoms with Crippen molar-refractivity contribution in [2.24, 2.45) is 5.73 Å². The predicted molar refractivity (Wildman–Crippen MR) is 44.0 cm³/mol. The van der Waals surface area contributed by atoms with Crippen LogP contribution in [0.5, 0.6) is 0 Å². The topological polar surface area (TPSA) is 103 Å². The van der Waals surface area contributed by atoms with Crippen molar-refractivity contribution in [2.75, 3.05) is 0 Å². The molecular formula is C7H10N2O4. The Morgan fingerprint density at radius 2 is 2.31 bits per heavy atom. The average molecular weight is 186 g/mol. The van der Waals surface area contributed by atoms with Crippen LogP contribution in [0.2, 0.25) is 0 Å². The van der Waals surface area contributed by atoms with Gasteiger partial charge >= 0.3 is 5.88 Å². The lowest BCUT2D eigenvalue weighted by atomic mass is 10.1. The van der Waals surface area contributed by atoms with Gasteiger partial charge in [-0.3, -0.25) is 10.1 Å². The molecule has 0 saturated heterocycles. The smallest absolute Gasteiger partial charge is 0.404 e. The Kier molecular flexibility index (Phi) is 2.64. The zero-order chi connectivity index (χ0) is 10.0. The molecule has 1 aromatic rings. The van der Waals surface area contributed by atoms with Crippen molar-refractivity contribution in [3.63, 3.8) is 0 Å². The molecule has 13 heavy (non-hydrogen) atoms. The van der Waals surface area contributed by atoms with Crippen LogP contribution in [0.3, 0.4) is 0 Å². The molecule has 1 unspecified atom stereocenters. The van der Waals surface area contributed by atoms with Crippen LogP contribution < -0.4 is 5.73 Å². The molecule has 0 aromatic carbocycles. The highest BCUT2D eigenvalue weighted by Gasteiger charge is 2.19. The normalized spacial score (nSPS) is 15.3. The molecular weight excluding hydrogens is 176 g/mol. The van der Waals surface area contributed by atoms with Crippen LogP contribution in [0.25, 0.3) is 0 Å². The Bertz CT molecular complexity index is 307. The Hall–Kier alpha value is -1.40. The molecule has 72 valence electrons. The van der Waals surface area contributed by atoms with Gasteiger partial charge in [-0.2, -0.15) is 0 Å². The van der Waals surface area contributed by atoms with Crippen LogP contribution in [0.15, 0.2) is 16.5 Å². The van der Waals surface area contributed by atoms with E-state index in [1.807, 2.05) is 0 Å². The number of nitro groups is 1. The van der Waals surface area contributed by atoms with Crippen molar-refractivity contribution in [2.45, 2.75) is 19.1 Å². The van der Waals surface area contributed by atoms with Gasteiger partial charge in [-0.1, -0.05) is 0 Å². The summed E-state index contributed by atoms with van der Waals surface area (Å²) in [5.74, 6) is -0.159. The van der Waals surface area contributed by atoms with E-state index in [1.165, 1.54) is 19.1 Å². The van der Waals surface area contributed by atoms with Crippen LogP contribution >= 0.6 is 0 Å². The Morgan fingerprint density at radius 3 is 2.69 bits per heavy atom. The van der Waals surface area contributed by atoms with Crippen LogP contribution in [0.1, 0.15) is 18.7 Å². The summed E-state index contributed by atoms with van der Waals surface area (Å²) in [5.41, 5.74) is 5.48. The lowest BCUT2D eigenvalue weighted by Gasteiger charge is -2.10. The van der Waals surface area contributed by atoms with E-state index in [1.54, 1.807) is 0 Å². The number of nitrogens with zero attached hydrogens (tertiary/aromatic N) is 1. The van der Waals surface area contributed by atoms with Crippen molar-refractivity contribution in [1.82, 2.24) is 0 Å². The van der Waals surface area contributed by atoms with E-state index in [0.717, 1.165) is 0 Å². The van der Waals surface area contributed by atoms with Gasteiger partial charge in [0.15, 0.2) is 0 Å². The van der Waals surface area contributed by atoms with E-state index in [0.29, 0.717) is 0 Å². The fourth-order valence-electron chi connectivity index (χ4n) is 0.857. The largest absolute Gasteiger partial charge is 0.433 e. The predicted octanol–water partition coefficient (Wildman–Crippen LogP) is 0.568. The van der Waals surface area contributed by atoms with E-state index in [-0.39, 0.29) is 11.6 Å². The fourth-order valence-corrected chi connectivity index (χ4v) is 0.857. The summed E-state index contributed by atoms with van der Waals surface area (Å²) in [6.45, 7) is 1.49. The molecule has 0 amide bonds. The molecule has 0 fully saturated rings. The third-order valence-corrected chi connectivity index (χ3v) is 1.64. The fraction of sp³-hybridized carbons (Fsp3) is 0.429. The quantitative estimate of drug-likeness (QED) is 0.530. The highest BCUT2D eigenvalue weighted by atomic mass is 16.6. The molecule has 2 atom stereocenters. The minimum Gasteiger partial charge on any atom is -0.404 e. The van der Waals surface area contributed by atoms with Gasteiger partial charge in [0.1, 0.15) is 10.7 Å². The molecule has 1 aromatic heterocycles. The zero-order valence-corrected chi connectivity index (χ0v) is 7.01. The summed E-state index contributed by atoms with van der Waals surface area (Å²) in [7, 11) is 0. The highest BCUT2D eigenvalue weighted by molar-refractivity contribution is 5.20. The first-order valence-corrected chi connectivity index (χ1v) is 3.70. The van der Waals surface area contributed by atoms with E-state index in [2.05, 4.69) is 0 Å². The monoisotopic (exact) mass is 186 g/mol. The molecule has 0 saturated carbocycles. The number of hydrogen-bond acceptors (Lipinski definition) is 5. The van der Waals surface area contributed by atoms with Gasteiger partial charge in [-0.15, -0.1) is 0 Å². The molecule has 6 heteroatoms. The van der Waals surface area contributed by atoms with Crippen molar-refractivity contribution >= 4 is 5.88 Å². The molecule has 0 bridgehead atoms. The van der Waals surface area contributed by atoms with E-state index in [9.17, 15) is 10.1 Å². The Morgan fingerprint density at radius 1 is 1.69 bits per heavy atom. The van der Waals surface area contributed by atoms with Crippen molar-refractivity contribution in [1.29, 1.82) is 0 Å². The first kappa shape index (κ1) is 9.69. The van der Waals surface area contributed by atoms with E-state index >= 15 is 0 Å². The molecule has 0 radical (unpaired) electrons. The van der Waals surface area contributed by atoms with E-state index < -0.39 is 17.1 Å². The SMILES string of the molecule is CC(O)[C@H](N)c1ccc([N+](=O)[O-])o1. The Balaban J connectivity index is 2.85. The van der Waals surface area contributed by atoms with Gasteiger partial charge in [0.25, 0.3) is 0 Å².